The van der Waals surface area contributed by atoms with E-state index in [2.05, 4.69) is 15.8 Å². The highest BCUT2D eigenvalue weighted by Crippen LogP contribution is 2.32. The van der Waals surface area contributed by atoms with Crippen molar-refractivity contribution >= 4 is 46.0 Å². The molecule has 3 rings (SSSR count). The lowest BCUT2D eigenvalue weighted by Crippen LogP contribution is -2.32. The Morgan fingerprint density at radius 1 is 1.30 bits per heavy atom. The number of nitrogens with zero attached hydrogens (tertiary/aromatic N) is 1. The summed E-state index contributed by atoms with van der Waals surface area (Å²) in [5.41, 5.74) is 4.70. The number of ether oxygens (including phenoxy) is 2. The van der Waals surface area contributed by atoms with E-state index in [1.807, 2.05) is 37.3 Å². The van der Waals surface area contributed by atoms with Crippen molar-refractivity contribution < 1.29 is 9.47 Å². The van der Waals surface area contributed by atoms with Gasteiger partial charge < -0.3 is 14.8 Å². The van der Waals surface area contributed by atoms with E-state index in [1.54, 1.807) is 0 Å². The predicted molar refractivity (Wildman–Crippen MR) is 96.7 cm³/mol. The Morgan fingerprint density at radius 2 is 2.13 bits per heavy atom. The van der Waals surface area contributed by atoms with E-state index in [0.29, 0.717) is 11.7 Å². The number of rotatable bonds is 4. The summed E-state index contributed by atoms with van der Waals surface area (Å²) in [4.78, 5) is 1.00. The maximum atomic E-state index is 5.91. The summed E-state index contributed by atoms with van der Waals surface area (Å²) in [7, 11) is 0. The van der Waals surface area contributed by atoms with Gasteiger partial charge in [-0.15, -0.1) is 11.3 Å². The first-order chi connectivity index (χ1) is 11.1. The maximum Gasteiger partial charge on any atom is 0.231 e. The van der Waals surface area contributed by atoms with Crippen molar-refractivity contribution in [2.75, 3.05) is 6.79 Å². The van der Waals surface area contributed by atoms with Crippen LogP contribution in [0.1, 0.15) is 17.4 Å². The van der Waals surface area contributed by atoms with Gasteiger partial charge in [-0.2, -0.15) is 5.10 Å². The molecule has 120 valence electrons. The summed E-state index contributed by atoms with van der Waals surface area (Å²) >= 11 is 12.6. The molecule has 0 radical (unpaired) electrons. The number of hydrogen-bond acceptors (Lipinski definition) is 5. The van der Waals surface area contributed by atoms with Gasteiger partial charge in [-0.3, -0.25) is 5.43 Å². The molecule has 0 saturated carbocycles. The number of hydrogen-bond donors (Lipinski definition) is 2. The SMILES string of the molecule is C/C(=N/NC(=S)NCc1ccc2c(c1)OCO2)c1ccc(Cl)s1. The van der Waals surface area contributed by atoms with Crippen LogP contribution in [0.4, 0.5) is 0 Å². The molecule has 0 fully saturated rings. The van der Waals surface area contributed by atoms with Crippen LogP contribution in [0.15, 0.2) is 35.4 Å². The number of hydrazone groups is 1. The Morgan fingerprint density at radius 3 is 2.91 bits per heavy atom. The topological polar surface area (TPSA) is 54.9 Å². The lowest BCUT2D eigenvalue weighted by Gasteiger charge is -2.08. The molecule has 0 aliphatic carbocycles. The largest absolute Gasteiger partial charge is 0.454 e. The highest BCUT2D eigenvalue weighted by molar-refractivity contribution is 7.80. The highest BCUT2D eigenvalue weighted by Gasteiger charge is 2.13. The first-order valence-electron chi connectivity index (χ1n) is 6.84. The van der Waals surface area contributed by atoms with Crippen LogP contribution in [0.3, 0.4) is 0 Å². The van der Waals surface area contributed by atoms with Crippen LogP contribution < -0.4 is 20.2 Å². The zero-order chi connectivity index (χ0) is 16.2. The number of benzene rings is 1. The number of halogens is 1. The van der Waals surface area contributed by atoms with Gasteiger partial charge in [0.05, 0.1) is 14.9 Å². The zero-order valence-corrected chi connectivity index (χ0v) is 14.6. The molecule has 0 amide bonds. The van der Waals surface area contributed by atoms with E-state index < -0.39 is 0 Å². The summed E-state index contributed by atoms with van der Waals surface area (Å²) in [6.45, 7) is 2.74. The number of thiophene rings is 1. The van der Waals surface area contributed by atoms with Gasteiger partial charge in [0.25, 0.3) is 0 Å². The lowest BCUT2D eigenvalue weighted by atomic mass is 10.2. The standard InChI is InChI=1S/C15H14ClN3O2S2/c1-9(13-4-5-14(16)23-13)18-19-15(22)17-7-10-2-3-11-12(6-10)21-8-20-11/h2-6H,7-8H2,1H3,(H2,17,19,22)/b18-9-. The van der Waals surface area contributed by atoms with Gasteiger partial charge >= 0.3 is 0 Å². The van der Waals surface area contributed by atoms with Crippen molar-refractivity contribution in [1.82, 2.24) is 10.7 Å². The molecule has 0 saturated heterocycles. The minimum atomic E-state index is 0.271. The van der Waals surface area contributed by atoms with Crippen LogP contribution in [0.2, 0.25) is 4.34 Å². The van der Waals surface area contributed by atoms with Crippen molar-refractivity contribution in [2.45, 2.75) is 13.5 Å². The minimum absolute atomic E-state index is 0.271. The fourth-order valence-electron chi connectivity index (χ4n) is 1.97. The summed E-state index contributed by atoms with van der Waals surface area (Å²) in [5.74, 6) is 1.52. The molecule has 0 bridgehead atoms. The van der Waals surface area contributed by atoms with E-state index in [9.17, 15) is 0 Å². The van der Waals surface area contributed by atoms with Crippen LogP contribution >= 0.6 is 35.2 Å². The molecule has 5 nitrogen and oxygen atoms in total. The molecule has 8 heteroatoms. The minimum Gasteiger partial charge on any atom is -0.454 e. The molecule has 0 spiro atoms. The molecular formula is C15H14ClN3O2S2. The Hall–Kier alpha value is -1.83. The van der Waals surface area contributed by atoms with Gasteiger partial charge in [0, 0.05) is 6.54 Å². The van der Waals surface area contributed by atoms with Crippen molar-refractivity contribution in [1.29, 1.82) is 0 Å². The summed E-state index contributed by atoms with van der Waals surface area (Å²) in [6.07, 6.45) is 0. The van der Waals surface area contributed by atoms with E-state index in [1.165, 1.54) is 11.3 Å². The quantitative estimate of drug-likeness (QED) is 0.492. The third kappa shape index (κ3) is 4.13. The summed E-state index contributed by atoms with van der Waals surface area (Å²) in [6, 6.07) is 9.55. The second-order valence-corrected chi connectivity index (χ2v) is 6.91. The van der Waals surface area contributed by atoms with Gasteiger partial charge in [-0.1, -0.05) is 17.7 Å². The summed E-state index contributed by atoms with van der Waals surface area (Å²) in [5, 5.41) is 7.79. The second-order valence-electron chi connectivity index (χ2n) is 4.78. The number of thiocarbonyl (C=S) groups is 1. The first kappa shape index (κ1) is 16.0. The molecular weight excluding hydrogens is 354 g/mol. The van der Waals surface area contributed by atoms with Crippen LogP contribution in [0.25, 0.3) is 0 Å². The van der Waals surface area contributed by atoms with Crippen LogP contribution in [0, 0.1) is 0 Å². The molecule has 2 N–H and O–H groups in total. The summed E-state index contributed by atoms with van der Waals surface area (Å²) < 4.78 is 11.4. The fourth-order valence-corrected chi connectivity index (χ4v) is 3.08. The van der Waals surface area contributed by atoms with Crippen LogP contribution in [-0.2, 0) is 6.54 Å². The number of nitrogens with one attached hydrogen (secondary N) is 2. The van der Waals surface area contributed by atoms with Gasteiger partial charge in [-0.25, -0.2) is 0 Å². The Kier molecular flexibility index (Phi) is 5.00. The predicted octanol–water partition coefficient (Wildman–Crippen LogP) is 3.52. The fraction of sp³-hybridized carbons (Fsp3) is 0.200. The molecule has 2 aromatic rings. The van der Waals surface area contributed by atoms with Gasteiger partial charge in [0.1, 0.15) is 0 Å². The molecule has 1 aromatic heterocycles. The Balaban J connectivity index is 1.51. The van der Waals surface area contributed by atoms with Gasteiger partial charge in [0.2, 0.25) is 6.79 Å². The van der Waals surface area contributed by atoms with E-state index in [-0.39, 0.29) is 6.79 Å². The molecule has 0 atom stereocenters. The normalized spacial score (nSPS) is 13.0. The van der Waals surface area contributed by atoms with Crippen LogP contribution in [-0.4, -0.2) is 17.6 Å². The van der Waals surface area contributed by atoms with Crippen molar-refractivity contribution in [3.8, 4) is 11.5 Å². The maximum absolute atomic E-state index is 5.91. The molecule has 0 unspecified atom stereocenters. The average Bonchev–Trinajstić information content (AvgIpc) is 3.18. The molecule has 1 aliphatic heterocycles. The number of fused-ring (bicyclic) bond motifs is 1. The average molecular weight is 368 g/mol. The van der Waals surface area contributed by atoms with Crippen molar-refractivity contribution in [2.24, 2.45) is 5.10 Å². The van der Waals surface area contributed by atoms with E-state index in [4.69, 9.17) is 33.3 Å². The molecule has 1 aromatic carbocycles. The molecule has 1 aliphatic rings. The first-order valence-corrected chi connectivity index (χ1v) is 8.44. The van der Waals surface area contributed by atoms with E-state index in [0.717, 1.165) is 32.0 Å². The third-order valence-electron chi connectivity index (χ3n) is 3.14. The van der Waals surface area contributed by atoms with Crippen LogP contribution in [0.5, 0.6) is 11.5 Å². The Bertz CT molecular complexity index is 761. The third-order valence-corrected chi connectivity index (χ3v) is 4.72. The van der Waals surface area contributed by atoms with Crippen molar-refractivity contribution in [3.63, 3.8) is 0 Å². The zero-order valence-electron chi connectivity index (χ0n) is 12.3. The second kappa shape index (κ2) is 7.16. The lowest BCUT2D eigenvalue weighted by molar-refractivity contribution is 0.174. The molecule has 23 heavy (non-hydrogen) atoms. The molecule has 2 heterocycles. The van der Waals surface area contributed by atoms with Gasteiger partial charge in [-0.05, 0) is 49.0 Å². The Labute approximate surface area is 148 Å². The van der Waals surface area contributed by atoms with Gasteiger partial charge in [0.15, 0.2) is 16.6 Å². The smallest absolute Gasteiger partial charge is 0.231 e. The highest BCUT2D eigenvalue weighted by atomic mass is 35.5. The monoisotopic (exact) mass is 367 g/mol. The van der Waals surface area contributed by atoms with Crippen molar-refractivity contribution in [3.05, 3.63) is 45.1 Å². The van der Waals surface area contributed by atoms with E-state index >= 15 is 0 Å².